The van der Waals surface area contributed by atoms with Gasteiger partial charge in [0.25, 0.3) is 0 Å². The first-order chi connectivity index (χ1) is 5.70. The largest absolute Gasteiger partial charge is 0.262 e. The van der Waals surface area contributed by atoms with Gasteiger partial charge in [-0.25, -0.2) is 0 Å². The molecule has 0 aromatic rings. The molecule has 0 fully saturated rings. The quantitative estimate of drug-likeness (QED) is 0.446. The van der Waals surface area contributed by atoms with Gasteiger partial charge >= 0.3 is 0 Å². The first-order valence-corrected chi connectivity index (χ1v) is 4.16. The van der Waals surface area contributed by atoms with Crippen LogP contribution in [0.15, 0.2) is 42.1 Å². The molecule has 0 radical (unpaired) electrons. The smallest absolute Gasteiger partial charge is 0.0375 e. The molecule has 1 nitrogen and oxygen atoms in total. The van der Waals surface area contributed by atoms with Crippen LogP contribution >= 0.6 is 0 Å². The normalized spacial score (nSPS) is 11.3. The average Bonchev–Trinajstić information content (AvgIpc) is 2.08. The second-order valence-electron chi connectivity index (χ2n) is 2.05. The van der Waals surface area contributed by atoms with Crippen LogP contribution in [0.25, 0.3) is 0 Å². The van der Waals surface area contributed by atoms with Crippen molar-refractivity contribution in [1.82, 2.24) is 0 Å². The molecule has 0 saturated carbocycles. The van der Waals surface area contributed by atoms with E-state index in [2.05, 4.69) is 18.2 Å². The van der Waals surface area contributed by atoms with Gasteiger partial charge in [-0.15, -0.1) is 0 Å². The highest BCUT2D eigenvalue weighted by molar-refractivity contribution is 5.94. The Morgan fingerprint density at radius 3 is 2.00 bits per heavy atom. The van der Waals surface area contributed by atoms with E-state index in [9.17, 15) is 0 Å². The van der Waals surface area contributed by atoms with Crippen molar-refractivity contribution < 1.29 is 0 Å². The van der Waals surface area contributed by atoms with Crippen LogP contribution in [0.3, 0.4) is 0 Å². The highest BCUT2D eigenvalue weighted by Gasteiger charge is 1.82. The van der Waals surface area contributed by atoms with Gasteiger partial charge in [-0.05, 0) is 25.5 Å². The van der Waals surface area contributed by atoms with Gasteiger partial charge in [0.15, 0.2) is 0 Å². The Kier molecular flexibility index (Phi) is 11.1. The Morgan fingerprint density at radius 1 is 1.17 bits per heavy atom. The van der Waals surface area contributed by atoms with Crippen LogP contribution in [-0.4, -0.2) is 5.71 Å². The van der Waals surface area contributed by atoms with Crippen molar-refractivity contribution in [2.75, 3.05) is 0 Å². The molecule has 0 atom stereocenters. The van der Waals surface area contributed by atoms with Crippen molar-refractivity contribution in [2.45, 2.75) is 27.7 Å². The van der Waals surface area contributed by atoms with E-state index in [0.29, 0.717) is 0 Å². The second-order valence-corrected chi connectivity index (χ2v) is 2.05. The molecular formula is C11H19N. The third-order valence-electron chi connectivity index (χ3n) is 1.05. The molecule has 0 saturated heterocycles. The fraction of sp³-hybridized carbons (Fsp3) is 0.364. The summed E-state index contributed by atoms with van der Waals surface area (Å²) in [5.74, 6) is 0. The van der Waals surface area contributed by atoms with Crippen molar-refractivity contribution in [1.29, 1.82) is 0 Å². The van der Waals surface area contributed by atoms with Crippen LogP contribution < -0.4 is 0 Å². The van der Waals surface area contributed by atoms with Crippen molar-refractivity contribution in [3.05, 3.63) is 37.1 Å². The fourth-order valence-electron chi connectivity index (χ4n) is 0.570. The van der Waals surface area contributed by atoms with Crippen molar-refractivity contribution >= 4 is 5.71 Å². The van der Waals surface area contributed by atoms with Crippen LogP contribution in [0.2, 0.25) is 0 Å². The Hall–Kier alpha value is -1.11. The molecule has 0 aliphatic rings. The lowest BCUT2D eigenvalue weighted by Crippen LogP contribution is -1.83. The maximum absolute atomic E-state index is 3.97. The van der Waals surface area contributed by atoms with E-state index in [-0.39, 0.29) is 0 Å². The predicted molar refractivity (Wildman–Crippen MR) is 58.6 cm³/mol. The maximum Gasteiger partial charge on any atom is 0.0375 e. The molecule has 0 rings (SSSR count). The molecule has 0 heterocycles. The molecule has 0 bridgehead atoms. The van der Waals surface area contributed by atoms with E-state index in [1.165, 1.54) is 6.20 Å². The van der Waals surface area contributed by atoms with Crippen molar-refractivity contribution in [2.24, 2.45) is 4.99 Å². The lowest BCUT2D eigenvalue weighted by molar-refractivity contribution is 1.50. The fourth-order valence-corrected chi connectivity index (χ4v) is 0.570. The van der Waals surface area contributed by atoms with Gasteiger partial charge in [0, 0.05) is 11.9 Å². The van der Waals surface area contributed by atoms with Gasteiger partial charge in [0.1, 0.15) is 0 Å². The SMILES string of the molecule is C=CN=C(C)/C=C(/C)C=C.CC. The summed E-state index contributed by atoms with van der Waals surface area (Å²) in [4.78, 5) is 3.97. The minimum atomic E-state index is 0.951. The van der Waals surface area contributed by atoms with Crippen LogP contribution in [0, 0.1) is 0 Å². The van der Waals surface area contributed by atoms with Gasteiger partial charge in [-0.1, -0.05) is 33.1 Å². The average molecular weight is 165 g/mol. The van der Waals surface area contributed by atoms with Gasteiger partial charge in [0.05, 0.1) is 0 Å². The lowest BCUT2D eigenvalue weighted by atomic mass is 10.2. The molecule has 0 aliphatic carbocycles. The van der Waals surface area contributed by atoms with E-state index in [1.807, 2.05) is 33.8 Å². The zero-order valence-electron chi connectivity index (χ0n) is 8.59. The minimum Gasteiger partial charge on any atom is -0.262 e. The lowest BCUT2D eigenvalue weighted by Gasteiger charge is -1.89. The summed E-state index contributed by atoms with van der Waals surface area (Å²) in [7, 11) is 0. The highest BCUT2D eigenvalue weighted by Crippen LogP contribution is 1.93. The molecule has 0 aromatic heterocycles. The summed E-state index contributed by atoms with van der Waals surface area (Å²) >= 11 is 0. The second kappa shape index (κ2) is 9.89. The van der Waals surface area contributed by atoms with Gasteiger partial charge in [0.2, 0.25) is 0 Å². The predicted octanol–water partition coefficient (Wildman–Crippen LogP) is 3.75. The van der Waals surface area contributed by atoms with Gasteiger partial charge < -0.3 is 0 Å². The van der Waals surface area contributed by atoms with E-state index in [4.69, 9.17) is 0 Å². The monoisotopic (exact) mass is 165 g/mol. The Morgan fingerprint density at radius 2 is 1.67 bits per heavy atom. The number of nitrogens with zero attached hydrogens (tertiary/aromatic N) is 1. The molecule has 0 aliphatic heterocycles. The highest BCUT2D eigenvalue weighted by atomic mass is 14.7. The molecule has 1 heteroatoms. The summed E-state index contributed by atoms with van der Waals surface area (Å²) in [6.45, 7) is 15.0. The molecule has 0 spiro atoms. The van der Waals surface area contributed by atoms with E-state index in [0.717, 1.165) is 11.3 Å². The van der Waals surface area contributed by atoms with Gasteiger partial charge in [-0.2, -0.15) is 0 Å². The van der Waals surface area contributed by atoms with Crippen molar-refractivity contribution in [3.8, 4) is 0 Å². The molecule has 0 aromatic carbocycles. The molecular weight excluding hydrogens is 146 g/mol. The molecule has 0 unspecified atom stereocenters. The maximum atomic E-state index is 3.97. The standard InChI is InChI=1S/C9H13N.C2H6/c1-5-8(3)7-9(4)10-6-2;1-2/h5-7H,1-2H2,3-4H3;1-2H3/b8-7-,10-9?;. The van der Waals surface area contributed by atoms with E-state index in [1.54, 1.807) is 6.08 Å². The third-order valence-corrected chi connectivity index (χ3v) is 1.05. The molecule has 0 amide bonds. The molecule has 68 valence electrons. The number of rotatable bonds is 3. The Balaban J connectivity index is 0. The molecule has 12 heavy (non-hydrogen) atoms. The number of allylic oxidation sites excluding steroid dienone is 3. The zero-order valence-corrected chi connectivity index (χ0v) is 8.59. The number of hydrogen-bond acceptors (Lipinski definition) is 1. The van der Waals surface area contributed by atoms with Crippen LogP contribution in [0.4, 0.5) is 0 Å². The Labute approximate surface area is 76.2 Å². The number of hydrogen-bond donors (Lipinski definition) is 0. The van der Waals surface area contributed by atoms with Crippen LogP contribution in [0.1, 0.15) is 27.7 Å². The van der Waals surface area contributed by atoms with Gasteiger partial charge in [-0.3, -0.25) is 4.99 Å². The summed E-state index contributed by atoms with van der Waals surface area (Å²) in [5, 5.41) is 0. The van der Waals surface area contributed by atoms with Crippen molar-refractivity contribution in [3.63, 3.8) is 0 Å². The topological polar surface area (TPSA) is 12.4 Å². The summed E-state index contributed by atoms with van der Waals surface area (Å²) in [6.07, 6.45) is 5.28. The summed E-state index contributed by atoms with van der Waals surface area (Å²) in [6, 6.07) is 0. The Bertz CT molecular complexity index is 185. The van der Waals surface area contributed by atoms with E-state index < -0.39 is 0 Å². The minimum absolute atomic E-state index is 0.951. The van der Waals surface area contributed by atoms with E-state index >= 15 is 0 Å². The van der Waals surface area contributed by atoms with Crippen LogP contribution in [0.5, 0.6) is 0 Å². The summed E-state index contributed by atoms with van der Waals surface area (Å²) in [5.41, 5.74) is 2.07. The third kappa shape index (κ3) is 8.89. The first kappa shape index (κ1) is 13.5. The zero-order chi connectivity index (χ0) is 9.98. The molecule has 0 N–H and O–H groups in total. The number of aliphatic imine (C=N–C) groups is 1. The first-order valence-electron chi connectivity index (χ1n) is 4.16. The van der Waals surface area contributed by atoms with Crippen LogP contribution in [-0.2, 0) is 0 Å². The summed E-state index contributed by atoms with van der Waals surface area (Å²) < 4.78 is 0.